The number of rotatable bonds is 4. The summed E-state index contributed by atoms with van der Waals surface area (Å²) in [5, 5.41) is 0. The standard InChI is InChI=1S/C17H21NO3/c1-20-15-5-2-13(3-6-15)4-7-17(19)21-16-12-18-10-8-14(16)9-11-18/h2-7,14,16H,8-12H2,1H3/p+1. The molecule has 3 aliphatic heterocycles. The number of carbonyl (C=O) groups is 1. The summed E-state index contributed by atoms with van der Waals surface area (Å²) in [7, 11) is 1.64. The number of fused-ring (bicyclic) bond motifs is 3. The molecule has 1 N–H and O–H groups in total. The maximum absolute atomic E-state index is 11.9. The Morgan fingerprint density at radius 2 is 1.95 bits per heavy atom. The molecular weight excluding hydrogens is 266 g/mol. The Morgan fingerprint density at radius 3 is 2.52 bits per heavy atom. The number of methoxy groups -OCH3 is 1. The van der Waals surface area contributed by atoms with Crippen molar-refractivity contribution in [3.8, 4) is 5.75 Å². The number of benzene rings is 1. The van der Waals surface area contributed by atoms with Crippen LogP contribution in [0.1, 0.15) is 18.4 Å². The molecule has 0 radical (unpaired) electrons. The van der Waals surface area contributed by atoms with Gasteiger partial charge in [-0.3, -0.25) is 0 Å². The van der Waals surface area contributed by atoms with Gasteiger partial charge >= 0.3 is 5.97 Å². The molecule has 4 rings (SSSR count). The van der Waals surface area contributed by atoms with Crippen molar-refractivity contribution < 1.29 is 19.2 Å². The van der Waals surface area contributed by atoms with Gasteiger partial charge in [0.1, 0.15) is 12.3 Å². The van der Waals surface area contributed by atoms with Crippen LogP contribution in [0.4, 0.5) is 0 Å². The molecule has 3 fully saturated rings. The highest BCUT2D eigenvalue weighted by molar-refractivity contribution is 5.87. The Balaban J connectivity index is 1.54. The van der Waals surface area contributed by atoms with E-state index in [1.54, 1.807) is 18.1 Å². The quantitative estimate of drug-likeness (QED) is 0.662. The minimum absolute atomic E-state index is 0.107. The fraction of sp³-hybridized carbons (Fsp3) is 0.471. The van der Waals surface area contributed by atoms with E-state index < -0.39 is 0 Å². The van der Waals surface area contributed by atoms with Gasteiger partial charge in [0.15, 0.2) is 6.10 Å². The van der Waals surface area contributed by atoms with Gasteiger partial charge in [-0.25, -0.2) is 4.79 Å². The molecule has 1 aromatic carbocycles. The fourth-order valence-electron chi connectivity index (χ4n) is 3.28. The Morgan fingerprint density at radius 1 is 1.24 bits per heavy atom. The number of hydrogen-bond donors (Lipinski definition) is 1. The number of piperidine rings is 3. The summed E-state index contributed by atoms with van der Waals surface area (Å²) in [4.78, 5) is 13.5. The molecule has 1 unspecified atom stereocenters. The predicted molar refractivity (Wildman–Crippen MR) is 80.2 cm³/mol. The molecule has 0 saturated carbocycles. The Bertz CT molecular complexity index is 515. The number of quaternary nitrogens is 1. The third-order valence-corrected chi connectivity index (χ3v) is 4.55. The second-order valence-corrected chi connectivity index (χ2v) is 5.87. The molecule has 0 aromatic heterocycles. The number of nitrogens with one attached hydrogen (secondary N) is 1. The van der Waals surface area contributed by atoms with Gasteiger partial charge in [0.25, 0.3) is 0 Å². The Hall–Kier alpha value is -1.81. The van der Waals surface area contributed by atoms with Crippen LogP contribution in [0, 0.1) is 5.92 Å². The SMILES string of the molecule is COc1ccc(C=CC(=O)OC2C[NH+]3CCC2CC3)cc1. The maximum atomic E-state index is 11.9. The minimum Gasteiger partial charge on any atom is -0.497 e. The third-order valence-electron chi connectivity index (χ3n) is 4.55. The zero-order valence-corrected chi connectivity index (χ0v) is 12.4. The van der Waals surface area contributed by atoms with Crippen LogP contribution in [0.5, 0.6) is 5.75 Å². The number of hydrogen-bond acceptors (Lipinski definition) is 3. The molecule has 112 valence electrons. The summed E-state index contributed by atoms with van der Waals surface area (Å²) in [6.07, 6.45) is 5.80. The van der Waals surface area contributed by atoms with E-state index in [1.807, 2.05) is 24.3 Å². The van der Waals surface area contributed by atoms with Crippen molar-refractivity contribution in [3.63, 3.8) is 0 Å². The fourth-order valence-corrected chi connectivity index (χ4v) is 3.28. The summed E-state index contributed by atoms with van der Waals surface area (Å²) in [5.74, 6) is 1.15. The van der Waals surface area contributed by atoms with Gasteiger partial charge in [0.2, 0.25) is 0 Å². The molecular formula is C17H22NO3+. The summed E-state index contributed by atoms with van der Waals surface area (Å²) >= 11 is 0. The van der Waals surface area contributed by atoms with Crippen molar-refractivity contribution >= 4 is 12.0 Å². The second-order valence-electron chi connectivity index (χ2n) is 5.87. The number of esters is 1. The lowest BCUT2D eigenvalue weighted by Gasteiger charge is -2.40. The van der Waals surface area contributed by atoms with Gasteiger partial charge in [0.05, 0.1) is 20.2 Å². The van der Waals surface area contributed by atoms with Crippen LogP contribution in [-0.4, -0.2) is 38.8 Å². The van der Waals surface area contributed by atoms with E-state index in [1.165, 1.54) is 32.0 Å². The van der Waals surface area contributed by atoms with Crippen LogP contribution in [0.25, 0.3) is 6.08 Å². The maximum Gasteiger partial charge on any atom is 0.331 e. The lowest BCUT2D eigenvalue weighted by atomic mass is 9.86. The van der Waals surface area contributed by atoms with E-state index in [9.17, 15) is 4.79 Å². The van der Waals surface area contributed by atoms with Crippen LogP contribution < -0.4 is 9.64 Å². The van der Waals surface area contributed by atoms with Crippen molar-refractivity contribution in [2.75, 3.05) is 26.7 Å². The first kappa shape index (κ1) is 14.1. The van der Waals surface area contributed by atoms with Gasteiger partial charge in [-0.05, 0) is 23.8 Å². The second kappa shape index (κ2) is 6.31. The number of carbonyl (C=O) groups excluding carboxylic acids is 1. The van der Waals surface area contributed by atoms with Crippen LogP contribution >= 0.6 is 0 Å². The lowest BCUT2D eigenvalue weighted by molar-refractivity contribution is -0.920. The highest BCUT2D eigenvalue weighted by Crippen LogP contribution is 2.21. The summed E-state index contributed by atoms with van der Waals surface area (Å²) in [6, 6.07) is 7.59. The summed E-state index contributed by atoms with van der Waals surface area (Å²) in [6.45, 7) is 3.45. The highest BCUT2D eigenvalue weighted by Gasteiger charge is 2.39. The normalized spacial score (nSPS) is 27.8. The van der Waals surface area contributed by atoms with Gasteiger partial charge < -0.3 is 14.4 Å². The van der Waals surface area contributed by atoms with E-state index in [2.05, 4.69) is 0 Å². The van der Waals surface area contributed by atoms with Gasteiger partial charge in [0, 0.05) is 24.8 Å². The summed E-state index contributed by atoms with van der Waals surface area (Å²) in [5.41, 5.74) is 0.965. The summed E-state index contributed by atoms with van der Waals surface area (Å²) < 4.78 is 10.7. The van der Waals surface area contributed by atoms with Crippen molar-refractivity contribution in [3.05, 3.63) is 35.9 Å². The Labute approximate surface area is 125 Å². The highest BCUT2D eigenvalue weighted by atomic mass is 16.5. The average molecular weight is 288 g/mol. The van der Waals surface area contributed by atoms with E-state index in [4.69, 9.17) is 9.47 Å². The van der Waals surface area contributed by atoms with Crippen LogP contribution in [0.3, 0.4) is 0 Å². The first-order valence-corrected chi connectivity index (χ1v) is 7.61. The lowest BCUT2D eigenvalue weighted by Crippen LogP contribution is -3.16. The van der Waals surface area contributed by atoms with Crippen molar-refractivity contribution in [2.45, 2.75) is 18.9 Å². The molecule has 0 amide bonds. The van der Waals surface area contributed by atoms with Gasteiger partial charge in [-0.15, -0.1) is 0 Å². The molecule has 2 bridgehead atoms. The van der Waals surface area contributed by atoms with Crippen LogP contribution in [-0.2, 0) is 9.53 Å². The average Bonchev–Trinajstić information content (AvgIpc) is 2.54. The zero-order valence-electron chi connectivity index (χ0n) is 12.4. The number of ether oxygens (including phenoxy) is 2. The third kappa shape index (κ3) is 3.45. The molecule has 3 aliphatic rings. The monoisotopic (exact) mass is 288 g/mol. The van der Waals surface area contributed by atoms with E-state index >= 15 is 0 Å². The van der Waals surface area contributed by atoms with Crippen molar-refractivity contribution in [1.82, 2.24) is 0 Å². The van der Waals surface area contributed by atoms with Gasteiger partial charge in [-0.1, -0.05) is 12.1 Å². The molecule has 4 heteroatoms. The molecule has 3 saturated heterocycles. The van der Waals surface area contributed by atoms with E-state index in [0.717, 1.165) is 17.9 Å². The smallest absolute Gasteiger partial charge is 0.331 e. The topological polar surface area (TPSA) is 40.0 Å². The molecule has 0 aliphatic carbocycles. The van der Waals surface area contributed by atoms with Crippen molar-refractivity contribution in [2.24, 2.45) is 5.92 Å². The van der Waals surface area contributed by atoms with Crippen LogP contribution in [0.2, 0.25) is 0 Å². The first-order valence-electron chi connectivity index (χ1n) is 7.61. The molecule has 0 spiro atoms. The largest absolute Gasteiger partial charge is 0.497 e. The Kier molecular flexibility index (Phi) is 4.25. The minimum atomic E-state index is -0.232. The van der Waals surface area contributed by atoms with E-state index in [0.29, 0.717) is 5.92 Å². The van der Waals surface area contributed by atoms with Crippen LogP contribution in [0.15, 0.2) is 30.3 Å². The first-order chi connectivity index (χ1) is 10.2. The molecule has 21 heavy (non-hydrogen) atoms. The predicted octanol–water partition coefficient (Wildman–Crippen LogP) is 0.929. The zero-order chi connectivity index (χ0) is 14.7. The molecule has 4 nitrogen and oxygen atoms in total. The molecule has 1 atom stereocenters. The molecule has 3 heterocycles. The van der Waals surface area contributed by atoms with Crippen molar-refractivity contribution in [1.29, 1.82) is 0 Å². The molecule has 1 aromatic rings. The van der Waals surface area contributed by atoms with E-state index in [-0.39, 0.29) is 12.1 Å². The van der Waals surface area contributed by atoms with Gasteiger partial charge in [-0.2, -0.15) is 0 Å².